The van der Waals surface area contributed by atoms with Gasteiger partial charge in [0.05, 0.1) is 22.3 Å². The molecular formula is C7H8BrN3S. The molecule has 1 aliphatic rings. The normalized spacial score (nSPS) is 15.2. The maximum absolute atomic E-state index is 3.41. The van der Waals surface area contributed by atoms with Crippen LogP contribution in [-0.2, 0) is 0 Å². The Kier molecular flexibility index (Phi) is 2.06. The molecule has 1 aromatic heterocycles. The van der Waals surface area contributed by atoms with E-state index < -0.39 is 0 Å². The predicted molar refractivity (Wildman–Crippen MR) is 56.7 cm³/mol. The van der Waals surface area contributed by atoms with Gasteiger partial charge in [0.2, 0.25) is 0 Å². The number of rotatable bonds is 1. The first-order valence-electron chi connectivity index (χ1n) is 3.47. The summed E-state index contributed by atoms with van der Waals surface area (Å²) in [5, 5.41) is 0. The Morgan fingerprint density at radius 3 is 3.00 bits per heavy atom. The molecule has 0 aliphatic carbocycles. The van der Waals surface area contributed by atoms with Crippen LogP contribution in [-0.4, -0.2) is 10.9 Å². The molecule has 0 atom stereocenters. The van der Waals surface area contributed by atoms with Gasteiger partial charge in [-0.1, -0.05) is 0 Å². The third-order valence-electron chi connectivity index (χ3n) is 1.65. The molecule has 12 heavy (non-hydrogen) atoms. The monoisotopic (exact) mass is 245 g/mol. The average Bonchev–Trinajstić information content (AvgIpc) is 2.54. The van der Waals surface area contributed by atoms with Gasteiger partial charge in [-0.05, 0) is 24.1 Å². The fourth-order valence-electron chi connectivity index (χ4n) is 1.11. The molecule has 0 amide bonds. The van der Waals surface area contributed by atoms with E-state index in [9.17, 15) is 0 Å². The van der Waals surface area contributed by atoms with Crippen molar-refractivity contribution in [3.8, 4) is 0 Å². The first-order valence-corrected chi connectivity index (χ1v) is 5.36. The Hall–Kier alpha value is -0.550. The molecular weight excluding hydrogens is 238 g/mol. The zero-order chi connectivity index (χ0) is 8.55. The first kappa shape index (κ1) is 8.07. The maximum atomic E-state index is 3.41. The van der Waals surface area contributed by atoms with E-state index >= 15 is 0 Å². The summed E-state index contributed by atoms with van der Waals surface area (Å²) < 4.78 is 6.01. The fraction of sp³-hybridized carbons (Fsp3) is 0.143. The summed E-state index contributed by atoms with van der Waals surface area (Å²) in [6.45, 7) is 0. The lowest BCUT2D eigenvalue weighted by Gasteiger charge is -2.27. The van der Waals surface area contributed by atoms with E-state index in [1.807, 2.05) is 45.3 Å². The second kappa shape index (κ2) is 3.06. The molecule has 3 nitrogen and oxygen atoms in total. The van der Waals surface area contributed by atoms with Crippen LogP contribution < -0.4 is 8.34 Å². The van der Waals surface area contributed by atoms with Crippen molar-refractivity contribution >= 4 is 33.9 Å². The Labute approximate surface area is 84.1 Å². The summed E-state index contributed by atoms with van der Waals surface area (Å²) in [5.74, 6) is 1.10. The van der Waals surface area contributed by atoms with E-state index in [0.29, 0.717) is 0 Å². The number of anilines is 1. The van der Waals surface area contributed by atoms with E-state index in [1.165, 1.54) is 0 Å². The van der Waals surface area contributed by atoms with Crippen molar-refractivity contribution in [2.24, 2.45) is 0 Å². The van der Waals surface area contributed by atoms with Crippen LogP contribution in [0.15, 0.2) is 30.7 Å². The summed E-state index contributed by atoms with van der Waals surface area (Å²) in [5.41, 5.74) is 0. The minimum absolute atomic E-state index is 1.10. The highest BCUT2D eigenvalue weighted by Crippen LogP contribution is 2.25. The molecule has 0 saturated carbocycles. The minimum Gasteiger partial charge on any atom is -0.266 e. The molecule has 2 heterocycles. The standard InChI is InChI=1S/C7H8BrN3S/c1-12-11-6-5-9(8)7-3-2-4-10(7)11/h2-6H,1H3. The summed E-state index contributed by atoms with van der Waals surface area (Å²) in [6.07, 6.45) is 8.01. The second-order valence-electron chi connectivity index (χ2n) is 2.31. The van der Waals surface area contributed by atoms with Crippen molar-refractivity contribution in [3.05, 3.63) is 30.7 Å². The van der Waals surface area contributed by atoms with E-state index in [2.05, 4.69) is 20.8 Å². The van der Waals surface area contributed by atoms with Crippen LogP contribution in [0.5, 0.6) is 0 Å². The van der Waals surface area contributed by atoms with E-state index in [-0.39, 0.29) is 0 Å². The summed E-state index contributed by atoms with van der Waals surface area (Å²) in [7, 11) is 0. The third-order valence-corrected chi connectivity index (χ3v) is 2.92. The molecule has 0 spiro atoms. The van der Waals surface area contributed by atoms with Gasteiger partial charge in [-0.3, -0.25) is 3.93 Å². The van der Waals surface area contributed by atoms with Crippen molar-refractivity contribution in [2.45, 2.75) is 0 Å². The smallest absolute Gasteiger partial charge is 0.143 e. The Bertz CT molecular complexity index is 309. The molecule has 0 fully saturated rings. The summed E-state index contributed by atoms with van der Waals surface area (Å²) in [6, 6.07) is 4.06. The van der Waals surface area contributed by atoms with Crippen molar-refractivity contribution in [1.82, 2.24) is 4.68 Å². The van der Waals surface area contributed by atoms with Gasteiger partial charge in [0.15, 0.2) is 0 Å². The Morgan fingerprint density at radius 1 is 1.42 bits per heavy atom. The summed E-state index contributed by atoms with van der Waals surface area (Å²) in [4.78, 5) is 0. The summed E-state index contributed by atoms with van der Waals surface area (Å²) >= 11 is 5.07. The van der Waals surface area contributed by atoms with Crippen LogP contribution in [0.25, 0.3) is 0 Å². The average molecular weight is 246 g/mol. The number of fused-ring (bicyclic) bond motifs is 1. The van der Waals surface area contributed by atoms with Crippen LogP contribution in [0.2, 0.25) is 0 Å². The van der Waals surface area contributed by atoms with Gasteiger partial charge >= 0.3 is 0 Å². The number of hydrogen-bond donors (Lipinski definition) is 0. The molecule has 1 aliphatic heterocycles. The van der Waals surface area contributed by atoms with Crippen LogP contribution in [0.1, 0.15) is 0 Å². The van der Waals surface area contributed by atoms with E-state index in [1.54, 1.807) is 11.9 Å². The molecule has 0 saturated heterocycles. The van der Waals surface area contributed by atoms with Crippen molar-refractivity contribution in [2.75, 3.05) is 14.6 Å². The fourth-order valence-corrected chi connectivity index (χ4v) is 1.99. The quantitative estimate of drug-likeness (QED) is 0.557. The number of aromatic nitrogens is 1. The number of hydrogen-bond acceptors (Lipinski definition) is 3. The van der Waals surface area contributed by atoms with E-state index in [4.69, 9.17) is 0 Å². The highest BCUT2D eigenvalue weighted by molar-refractivity contribution is 9.10. The second-order valence-corrected chi connectivity index (χ2v) is 3.81. The highest BCUT2D eigenvalue weighted by atomic mass is 79.9. The zero-order valence-electron chi connectivity index (χ0n) is 6.51. The maximum Gasteiger partial charge on any atom is 0.143 e. The molecule has 0 aromatic carbocycles. The van der Waals surface area contributed by atoms with E-state index in [0.717, 1.165) is 5.82 Å². The van der Waals surface area contributed by atoms with Gasteiger partial charge in [0, 0.05) is 18.7 Å². The molecule has 64 valence electrons. The lowest BCUT2D eigenvalue weighted by Crippen LogP contribution is -2.27. The molecule has 0 unspecified atom stereocenters. The topological polar surface area (TPSA) is 11.4 Å². The highest BCUT2D eigenvalue weighted by Gasteiger charge is 2.13. The lowest BCUT2D eigenvalue weighted by atomic mass is 10.6. The minimum atomic E-state index is 1.10. The van der Waals surface area contributed by atoms with Crippen LogP contribution in [0.3, 0.4) is 0 Å². The van der Waals surface area contributed by atoms with Gasteiger partial charge in [-0.25, -0.2) is 9.09 Å². The van der Waals surface area contributed by atoms with Crippen molar-refractivity contribution in [1.29, 1.82) is 0 Å². The third kappa shape index (κ3) is 1.13. The molecule has 1 aromatic rings. The number of nitrogens with zero attached hydrogens (tertiary/aromatic N) is 3. The first-order chi connectivity index (χ1) is 5.83. The van der Waals surface area contributed by atoms with Crippen LogP contribution >= 0.6 is 28.1 Å². The van der Waals surface area contributed by atoms with Gasteiger partial charge in [0.25, 0.3) is 0 Å². The Balaban J connectivity index is 2.42. The predicted octanol–water partition coefficient (Wildman–Crippen LogP) is 2.31. The van der Waals surface area contributed by atoms with Gasteiger partial charge in [-0.2, -0.15) is 0 Å². The van der Waals surface area contributed by atoms with Gasteiger partial charge in [-0.15, -0.1) is 0 Å². The van der Waals surface area contributed by atoms with Crippen molar-refractivity contribution < 1.29 is 0 Å². The molecule has 0 bridgehead atoms. The molecule has 0 N–H and O–H groups in total. The lowest BCUT2D eigenvalue weighted by molar-refractivity contribution is 0.860. The molecule has 0 radical (unpaired) electrons. The molecule has 2 rings (SSSR count). The van der Waals surface area contributed by atoms with Crippen molar-refractivity contribution in [3.63, 3.8) is 0 Å². The van der Waals surface area contributed by atoms with Gasteiger partial charge < -0.3 is 0 Å². The zero-order valence-corrected chi connectivity index (χ0v) is 8.92. The van der Waals surface area contributed by atoms with Gasteiger partial charge in [0.1, 0.15) is 5.82 Å². The van der Waals surface area contributed by atoms with Crippen LogP contribution in [0.4, 0.5) is 5.82 Å². The molecule has 5 heteroatoms. The SMILES string of the molecule is CSN1C=CN(Br)c2cccn21. The number of halogens is 1. The van der Waals surface area contributed by atoms with Crippen LogP contribution in [0, 0.1) is 0 Å². The Morgan fingerprint density at radius 2 is 2.25 bits per heavy atom. The largest absolute Gasteiger partial charge is 0.266 e.